The van der Waals surface area contributed by atoms with Gasteiger partial charge in [0.2, 0.25) is 0 Å². The Bertz CT molecular complexity index is 70.1. The van der Waals surface area contributed by atoms with E-state index in [1.54, 1.807) is 6.08 Å². The number of rotatable bonds is 3. The normalized spacial score (nSPS) is 20.0. The standard InChI is InChI=1S/C8H13/c1-2-3-5-8-6-4-7-8/h1-2,8H,3-7H2. The fourth-order valence-corrected chi connectivity index (χ4v) is 1.11. The molecule has 0 aromatic heterocycles. The van der Waals surface area contributed by atoms with Gasteiger partial charge in [-0.15, -0.1) is 0 Å². The van der Waals surface area contributed by atoms with Gasteiger partial charge in [0, 0.05) is 0 Å². The van der Waals surface area contributed by atoms with Gasteiger partial charge in [0.15, 0.2) is 0 Å². The summed E-state index contributed by atoms with van der Waals surface area (Å²) in [7, 11) is 0. The zero-order chi connectivity index (χ0) is 5.82. The van der Waals surface area contributed by atoms with Crippen molar-refractivity contribution in [2.45, 2.75) is 32.1 Å². The minimum absolute atomic E-state index is 1.02. The highest BCUT2D eigenvalue weighted by atomic mass is 14.2. The zero-order valence-corrected chi connectivity index (χ0v) is 5.27. The van der Waals surface area contributed by atoms with E-state index in [9.17, 15) is 0 Å². The molecule has 0 nitrogen and oxygen atoms in total. The Hall–Kier alpha value is -0.260. The monoisotopic (exact) mass is 109 g/mol. The molecule has 1 saturated carbocycles. The Morgan fingerprint density at radius 2 is 2.25 bits per heavy atom. The van der Waals surface area contributed by atoms with Crippen LogP contribution in [0.1, 0.15) is 32.1 Å². The van der Waals surface area contributed by atoms with Crippen molar-refractivity contribution in [1.82, 2.24) is 0 Å². The first-order valence-corrected chi connectivity index (χ1v) is 3.47. The molecule has 1 aliphatic carbocycles. The third kappa shape index (κ3) is 1.36. The minimum atomic E-state index is 1.02. The molecule has 0 spiro atoms. The fourth-order valence-electron chi connectivity index (χ4n) is 1.11. The van der Waals surface area contributed by atoms with Gasteiger partial charge in [0.05, 0.1) is 0 Å². The first kappa shape index (κ1) is 5.87. The Morgan fingerprint density at radius 3 is 2.62 bits per heavy atom. The van der Waals surface area contributed by atoms with Gasteiger partial charge in [0.1, 0.15) is 0 Å². The van der Waals surface area contributed by atoms with Crippen molar-refractivity contribution in [2.75, 3.05) is 0 Å². The van der Waals surface area contributed by atoms with Crippen molar-refractivity contribution in [3.8, 4) is 0 Å². The second kappa shape index (κ2) is 2.91. The average Bonchev–Trinajstić information content (AvgIpc) is 1.63. The van der Waals surface area contributed by atoms with E-state index in [0.717, 1.165) is 12.3 Å². The summed E-state index contributed by atoms with van der Waals surface area (Å²) in [6.07, 6.45) is 8.58. The summed E-state index contributed by atoms with van der Waals surface area (Å²) >= 11 is 0. The van der Waals surface area contributed by atoms with E-state index >= 15 is 0 Å². The van der Waals surface area contributed by atoms with Crippen LogP contribution in [0.4, 0.5) is 0 Å². The molecule has 0 bridgehead atoms. The molecule has 0 saturated heterocycles. The Balaban J connectivity index is 1.93. The van der Waals surface area contributed by atoms with Gasteiger partial charge >= 0.3 is 0 Å². The van der Waals surface area contributed by atoms with Gasteiger partial charge in [-0.2, -0.15) is 0 Å². The van der Waals surface area contributed by atoms with E-state index in [2.05, 4.69) is 0 Å². The van der Waals surface area contributed by atoms with E-state index in [1.807, 2.05) is 0 Å². The highest BCUT2D eigenvalue weighted by molar-refractivity contribution is 4.73. The van der Waals surface area contributed by atoms with Crippen LogP contribution in [-0.2, 0) is 0 Å². The molecule has 8 heavy (non-hydrogen) atoms. The van der Waals surface area contributed by atoms with Gasteiger partial charge in [-0.3, -0.25) is 0 Å². The summed E-state index contributed by atoms with van der Waals surface area (Å²) in [5.41, 5.74) is 0. The second-order valence-electron chi connectivity index (χ2n) is 2.61. The third-order valence-corrected chi connectivity index (χ3v) is 1.97. The van der Waals surface area contributed by atoms with Gasteiger partial charge in [-0.1, -0.05) is 31.9 Å². The lowest BCUT2D eigenvalue weighted by atomic mass is 9.82. The summed E-state index contributed by atoms with van der Waals surface area (Å²) in [4.78, 5) is 0. The number of hydrogen-bond acceptors (Lipinski definition) is 0. The predicted molar refractivity (Wildman–Crippen MR) is 35.4 cm³/mol. The summed E-state index contributed by atoms with van der Waals surface area (Å²) in [5, 5.41) is 0. The van der Waals surface area contributed by atoms with Crippen LogP contribution in [0.15, 0.2) is 6.08 Å². The maximum absolute atomic E-state index is 5.23. The van der Waals surface area contributed by atoms with Crippen molar-refractivity contribution in [3.05, 3.63) is 12.7 Å². The van der Waals surface area contributed by atoms with Crippen molar-refractivity contribution < 1.29 is 0 Å². The molecule has 0 aromatic carbocycles. The smallest absolute Gasteiger partial charge is 0.0345 e. The SMILES string of the molecule is [CH]=CCCC1CCC1. The van der Waals surface area contributed by atoms with Crippen LogP contribution < -0.4 is 0 Å². The minimum Gasteiger partial charge on any atom is -0.0845 e. The quantitative estimate of drug-likeness (QED) is 0.522. The van der Waals surface area contributed by atoms with Crippen LogP contribution in [0.25, 0.3) is 0 Å². The molecule has 0 heterocycles. The van der Waals surface area contributed by atoms with Crippen LogP contribution in [0.5, 0.6) is 0 Å². The summed E-state index contributed by atoms with van der Waals surface area (Å²) in [6.45, 7) is 5.23. The topological polar surface area (TPSA) is 0 Å². The second-order valence-corrected chi connectivity index (χ2v) is 2.61. The van der Waals surface area contributed by atoms with E-state index in [4.69, 9.17) is 6.58 Å². The molecule has 0 N–H and O–H groups in total. The molecular weight excluding hydrogens is 96.1 g/mol. The molecule has 0 amide bonds. The molecule has 0 heteroatoms. The predicted octanol–water partition coefficient (Wildman–Crippen LogP) is 2.56. The molecule has 0 aromatic rings. The van der Waals surface area contributed by atoms with Gasteiger partial charge in [-0.25, -0.2) is 0 Å². The van der Waals surface area contributed by atoms with Crippen LogP contribution >= 0.6 is 0 Å². The zero-order valence-electron chi connectivity index (χ0n) is 5.27. The fraction of sp³-hybridized carbons (Fsp3) is 0.750. The molecule has 45 valence electrons. The maximum Gasteiger partial charge on any atom is -0.0345 e. The van der Waals surface area contributed by atoms with E-state index in [0.29, 0.717) is 0 Å². The number of hydrogen-bond donors (Lipinski definition) is 0. The summed E-state index contributed by atoms with van der Waals surface area (Å²) in [5.74, 6) is 1.02. The highest BCUT2D eigenvalue weighted by Crippen LogP contribution is 2.30. The van der Waals surface area contributed by atoms with Gasteiger partial charge in [0.25, 0.3) is 0 Å². The van der Waals surface area contributed by atoms with Crippen LogP contribution in [-0.4, -0.2) is 0 Å². The maximum atomic E-state index is 5.23. The van der Waals surface area contributed by atoms with Crippen LogP contribution in [0.3, 0.4) is 0 Å². The number of allylic oxidation sites excluding steroid dienone is 1. The lowest BCUT2D eigenvalue weighted by molar-refractivity contribution is 0.298. The van der Waals surface area contributed by atoms with Crippen LogP contribution in [0.2, 0.25) is 0 Å². The Kier molecular flexibility index (Phi) is 2.13. The van der Waals surface area contributed by atoms with Gasteiger partial charge < -0.3 is 0 Å². The van der Waals surface area contributed by atoms with Crippen molar-refractivity contribution in [1.29, 1.82) is 0 Å². The Labute approximate surface area is 51.6 Å². The highest BCUT2D eigenvalue weighted by Gasteiger charge is 2.15. The lowest BCUT2D eigenvalue weighted by Gasteiger charge is -2.24. The van der Waals surface area contributed by atoms with Crippen molar-refractivity contribution in [3.63, 3.8) is 0 Å². The molecule has 0 aliphatic heterocycles. The average molecular weight is 109 g/mol. The van der Waals surface area contributed by atoms with Gasteiger partial charge in [-0.05, 0) is 18.8 Å². The summed E-state index contributed by atoms with van der Waals surface area (Å²) in [6, 6.07) is 0. The first-order valence-electron chi connectivity index (χ1n) is 3.47. The first-order chi connectivity index (χ1) is 3.93. The molecular formula is C8H13. The van der Waals surface area contributed by atoms with E-state index in [-0.39, 0.29) is 0 Å². The summed E-state index contributed by atoms with van der Waals surface area (Å²) < 4.78 is 0. The molecule has 1 fully saturated rings. The van der Waals surface area contributed by atoms with Crippen LogP contribution in [0, 0.1) is 12.5 Å². The lowest BCUT2D eigenvalue weighted by Crippen LogP contribution is -2.09. The molecule has 1 rings (SSSR count). The molecule has 1 aliphatic rings. The Morgan fingerprint density at radius 1 is 1.50 bits per heavy atom. The van der Waals surface area contributed by atoms with E-state index < -0.39 is 0 Å². The van der Waals surface area contributed by atoms with Crippen molar-refractivity contribution in [2.24, 2.45) is 5.92 Å². The molecule has 1 radical (unpaired) electrons. The van der Waals surface area contributed by atoms with Crippen molar-refractivity contribution >= 4 is 0 Å². The molecule has 0 atom stereocenters. The van der Waals surface area contributed by atoms with E-state index in [1.165, 1.54) is 25.7 Å². The molecule has 0 unspecified atom stereocenters. The third-order valence-electron chi connectivity index (χ3n) is 1.97. The largest absolute Gasteiger partial charge is 0.0845 e.